The van der Waals surface area contributed by atoms with E-state index in [9.17, 15) is 31.1 Å². The molecule has 0 unspecified atom stereocenters. The van der Waals surface area contributed by atoms with E-state index in [-0.39, 0.29) is 59.2 Å². The lowest BCUT2D eigenvalue weighted by Crippen LogP contribution is -2.31. The van der Waals surface area contributed by atoms with Crippen molar-refractivity contribution in [2.24, 2.45) is 0 Å². The summed E-state index contributed by atoms with van der Waals surface area (Å²) < 4.78 is 92.2. The molecule has 1 aliphatic heterocycles. The number of benzene rings is 1. The minimum Gasteiger partial charge on any atom is -0.491 e. The van der Waals surface area contributed by atoms with E-state index < -0.39 is 29.2 Å². The van der Waals surface area contributed by atoms with Crippen molar-refractivity contribution in [1.29, 1.82) is 0 Å². The molecule has 1 amide bonds. The Kier molecular flexibility index (Phi) is 5.83. The molecule has 1 atom stereocenters. The molecule has 0 saturated carbocycles. The van der Waals surface area contributed by atoms with E-state index in [1.54, 1.807) is 0 Å². The molecular weight excluding hydrogens is 508 g/mol. The van der Waals surface area contributed by atoms with Crippen LogP contribution in [0, 0.1) is 6.92 Å². The van der Waals surface area contributed by atoms with Crippen LogP contribution >= 0.6 is 0 Å². The summed E-state index contributed by atoms with van der Waals surface area (Å²) >= 11 is 0. The summed E-state index contributed by atoms with van der Waals surface area (Å²) in [7, 11) is 0. The molecule has 5 rings (SSSR count). The molecule has 1 saturated heterocycles. The fourth-order valence-electron chi connectivity index (χ4n) is 3.98. The summed E-state index contributed by atoms with van der Waals surface area (Å²) in [5.41, 5.74) is -1.43. The summed E-state index contributed by atoms with van der Waals surface area (Å²) in [5.74, 6) is -0.973. The number of nitrogens with one attached hydrogen (secondary N) is 1. The Bertz CT molecular complexity index is 1490. The Morgan fingerprint density at radius 3 is 2.57 bits per heavy atom. The third-order valence-corrected chi connectivity index (χ3v) is 5.77. The number of aryl methyl sites for hydroxylation is 1. The molecule has 3 aromatic heterocycles. The highest BCUT2D eigenvalue weighted by molar-refractivity contribution is 5.78. The second-order valence-electron chi connectivity index (χ2n) is 8.51. The van der Waals surface area contributed by atoms with Gasteiger partial charge in [0.1, 0.15) is 23.7 Å². The number of amides is 1. The van der Waals surface area contributed by atoms with Crippen molar-refractivity contribution in [1.82, 2.24) is 24.8 Å². The third-order valence-electron chi connectivity index (χ3n) is 5.77. The van der Waals surface area contributed by atoms with Gasteiger partial charge in [-0.15, -0.1) is 0 Å². The lowest BCUT2D eigenvalue weighted by molar-refractivity contribution is -0.139. The van der Waals surface area contributed by atoms with Crippen molar-refractivity contribution in [3.63, 3.8) is 0 Å². The van der Waals surface area contributed by atoms with Crippen LogP contribution in [0.4, 0.5) is 26.3 Å². The van der Waals surface area contributed by atoms with Gasteiger partial charge in [0.05, 0.1) is 17.2 Å². The van der Waals surface area contributed by atoms with Crippen molar-refractivity contribution in [2.75, 3.05) is 6.61 Å². The molecule has 0 bridgehead atoms. The van der Waals surface area contributed by atoms with E-state index >= 15 is 0 Å². The second kappa shape index (κ2) is 8.78. The van der Waals surface area contributed by atoms with Gasteiger partial charge in [-0.25, -0.2) is 4.98 Å². The maximum atomic E-state index is 13.7. The lowest BCUT2D eigenvalue weighted by Gasteiger charge is -2.17. The summed E-state index contributed by atoms with van der Waals surface area (Å²) in [6.07, 6.45) is -6.43. The van der Waals surface area contributed by atoms with E-state index in [1.165, 1.54) is 23.6 Å². The molecule has 0 radical (unpaired) electrons. The number of hydrogen-bond donors (Lipinski definition) is 1. The predicted molar refractivity (Wildman–Crippen MR) is 115 cm³/mol. The molecule has 0 spiro atoms. The van der Waals surface area contributed by atoms with Gasteiger partial charge < -0.3 is 19.0 Å². The fraction of sp³-hybridized carbons (Fsp3) is 0.304. The molecular formula is C23H17F6N5O3. The van der Waals surface area contributed by atoms with Crippen molar-refractivity contribution in [3.05, 3.63) is 53.3 Å². The number of aromatic nitrogens is 4. The Hall–Kier alpha value is -4.10. The number of fused-ring (bicyclic) bond motifs is 1. The van der Waals surface area contributed by atoms with Crippen LogP contribution in [-0.2, 0) is 17.1 Å². The number of ether oxygens (including phenoxy) is 1. The summed E-state index contributed by atoms with van der Waals surface area (Å²) in [6, 6.07) is 3.79. The molecule has 1 fully saturated rings. The van der Waals surface area contributed by atoms with Gasteiger partial charge >= 0.3 is 12.4 Å². The number of imidazole rings is 1. The maximum absolute atomic E-state index is 13.7. The largest absolute Gasteiger partial charge is 0.491 e. The number of hydrogen-bond acceptors (Lipinski definition) is 6. The van der Waals surface area contributed by atoms with Crippen molar-refractivity contribution in [2.45, 2.75) is 38.2 Å². The summed E-state index contributed by atoms with van der Waals surface area (Å²) in [6.45, 7) is 1.34. The molecule has 37 heavy (non-hydrogen) atoms. The van der Waals surface area contributed by atoms with Crippen LogP contribution in [0.5, 0.6) is 5.75 Å². The fourth-order valence-corrected chi connectivity index (χ4v) is 3.98. The van der Waals surface area contributed by atoms with Gasteiger partial charge in [-0.05, 0) is 43.2 Å². The van der Waals surface area contributed by atoms with Gasteiger partial charge in [0.25, 0.3) is 5.89 Å². The molecule has 4 heterocycles. The number of pyridine rings is 1. The van der Waals surface area contributed by atoms with Crippen molar-refractivity contribution >= 4 is 11.6 Å². The minimum atomic E-state index is -4.76. The van der Waals surface area contributed by atoms with Gasteiger partial charge in [0.2, 0.25) is 11.7 Å². The first-order valence-electron chi connectivity index (χ1n) is 10.9. The highest BCUT2D eigenvalue weighted by Gasteiger charge is 2.36. The number of alkyl halides is 6. The topological polar surface area (TPSA) is 94.5 Å². The van der Waals surface area contributed by atoms with Crippen LogP contribution in [0.2, 0.25) is 0 Å². The van der Waals surface area contributed by atoms with E-state index in [0.29, 0.717) is 6.42 Å². The quantitative estimate of drug-likeness (QED) is 0.367. The number of nitrogens with zero attached hydrogens (tertiary/aromatic N) is 4. The first-order valence-corrected chi connectivity index (χ1v) is 10.9. The molecule has 1 aromatic carbocycles. The van der Waals surface area contributed by atoms with Gasteiger partial charge in [-0.1, -0.05) is 5.16 Å². The van der Waals surface area contributed by atoms with Crippen LogP contribution in [0.25, 0.3) is 28.6 Å². The zero-order valence-electron chi connectivity index (χ0n) is 18.9. The first kappa shape index (κ1) is 24.6. The monoisotopic (exact) mass is 525 g/mol. The Labute approximate surface area is 204 Å². The smallest absolute Gasteiger partial charge is 0.419 e. The van der Waals surface area contributed by atoms with Crippen LogP contribution in [0.1, 0.15) is 29.5 Å². The Morgan fingerprint density at radius 2 is 1.89 bits per heavy atom. The molecule has 1 N–H and O–H groups in total. The van der Waals surface area contributed by atoms with Crippen molar-refractivity contribution < 1.29 is 40.4 Å². The normalized spacial score (nSPS) is 16.4. The minimum absolute atomic E-state index is 0.0492. The molecule has 14 heteroatoms. The summed E-state index contributed by atoms with van der Waals surface area (Å²) in [5, 5.41) is 6.35. The van der Waals surface area contributed by atoms with Crippen LogP contribution < -0.4 is 10.1 Å². The van der Waals surface area contributed by atoms with E-state index in [4.69, 9.17) is 9.26 Å². The van der Waals surface area contributed by atoms with Crippen LogP contribution in [0.3, 0.4) is 0 Å². The predicted octanol–water partition coefficient (Wildman–Crippen LogP) is 5.05. The number of carbonyl (C=O) groups is 1. The van der Waals surface area contributed by atoms with Crippen LogP contribution in [0.15, 0.2) is 41.2 Å². The van der Waals surface area contributed by atoms with Gasteiger partial charge in [0, 0.05) is 24.4 Å². The average molecular weight is 525 g/mol. The van der Waals surface area contributed by atoms with Gasteiger partial charge in [0.15, 0.2) is 0 Å². The first-order chi connectivity index (χ1) is 17.4. The number of halogens is 6. The Morgan fingerprint density at radius 1 is 1.11 bits per heavy atom. The second-order valence-corrected chi connectivity index (χ2v) is 8.51. The van der Waals surface area contributed by atoms with Crippen LogP contribution in [-0.4, -0.2) is 38.1 Å². The zero-order valence-corrected chi connectivity index (χ0v) is 18.9. The molecule has 8 nitrogen and oxygen atoms in total. The highest BCUT2D eigenvalue weighted by atomic mass is 19.4. The standard InChI is InChI=1S/C23H17F6N5O3/c1-11-6-13(22(24,25)26)8-34-9-16(31-20(11)34)19-32-21(37-33-19)12-2-4-17(15(7-12)23(27,28)29)36-10-14-3-5-18(35)30-14/h2,4,6-9,14H,3,5,10H2,1H3,(H,30,35)/t14-/m0/s1. The van der Waals surface area contributed by atoms with E-state index in [0.717, 1.165) is 24.4 Å². The number of rotatable bonds is 5. The van der Waals surface area contributed by atoms with E-state index in [1.807, 2.05) is 0 Å². The van der Waals surface area contributed by atoms with Crippen molar-refractivity contribution in [3.8, 4) is 28.7 Å². The third kappa shape index (κ3) is 4.95. The lowest BCUT2D eigenvalue weighted by atomic mass is 10.1. The molecule has 4 aromatic rings. The average Bonchev–Trinajstić information content (AvgIpc) is 3.55. The highest BCUT2D eigenvalue weighted by Crippen LogP contribution is 2.39. The van der Waals surface area contributed by atoms with Gasteiger partial charge in [-0.2, -0.15) is 31.3 Å². The van der Waals surface area contributed by atoms with Gasteiger partial charge in [-0.3, -0.25) is 4.79 Å². The molecule has 1 aliphatic rings. The molecule has 0 aliphatic carbocycles. The Balaban J connectivity index is 1.43. The zero-order chi connectivity index (χ0) is 26.5. The molecule has 194 valence electrons. The number of carbonyl (C=O) groups excluding carboxylic acids is 1. The maximum Gasteiger partial charge on any atom is 0.419 e. The summed E-state index contributed by atoms with van der Waals surface area (Å²) in [4.78, 5) is 19.6. The SMILES string of the molecule is Cc1cc(C(F)(F)F)cn2cc(-c3noc(-c4ccc(OC[C@@H]5CCC(=O)N5)c(C(F)(F)F)c4)n3)nc12. The van der Waals surface area contributed by atoms with E-state index in [2.05, 4.69) is 20.4 Å².